The van der Waals surface area contributed by atoms with Gasteiger partial charge in [-0.05, 0) is 0 Å². The van der Waals surface area contributed by atoms with Crippen LogP contribution in [0.2, 0.25) is 0 Å². The molecule has 0 fully saturated rings. The van der Waals surface area contributed by atoms with Crippen LogP contribution in [0.1, 0.15) is 8.35 Å². The van der Waals surface area contributed by atoms with E-state index in [4.69, 9.17) is 9.90 Å². The summed E-state index contributed by atoms with van der Waals surface area (Å²) in [6.45, 7) is 1.08. The number of hydrogen-bond acceptors (Lipinski definition) is 1. The molecule has 6 heavy (non-hydrogen) atoms. The first kappa shape index (κ1) is 16.0. The smallest absolute Gasteiger partial charge is 1.00 e. The van der Waals surface area contributed by atoms with Gasteiger partial charge in [-0.25, -0.2) is 0 Å². The molecule has 2 nitrogen and oxygen atoms in total. The monoisotopic (exact) mass is 148 g/mol. The van der Waals surface area contributed by atoms with E-state index in [1.807, 2.05) is 0 Å². The third kappa shape index (κ3) is 191. The maximum atomic E-state index is 9.00. The summed E-state index contributed by atoms with van der Waals surface area (Å²) in [6.07, 6.45) is 0. The van der Waals surface area contributed by atoms with E-state index in [0.29, 0.717) is 0 Å². The van der Waals surface area contributed by atoms with Gasteiger partial charge in [0.25, 0.3) is 5.97 Å². The minimum Gasteiger partial charge on any atom is -1.00 e. The van der Waals surface area contributed by atoms with E-state index in [-0.39, 0.29) is 37.3 Å². The zero-order chi connectivity index (χ0) is 3.58. The Morgan fingerprint density at radius 2 is 1.83 bits per heavy atom. The average molecular weight is 149 g/mol. The SMILES string of the molecule is Br.CC(=O)O.[H-].[Li+]. The molecule has 0 spiro atoms. The van der Waals surface area contributed by atoms with Gasteiger partial charge in [-0.15, -0.1) is 17.0 Å². The van der Waals surface area contributed by atoms with Crippen LogP contribution in [-0.4, -0.2) is 11.1 Å². The fraction of sp³-hybridized carbons (Fsp3) is 0.500. The van der Waals surface area contributed by atoms with Crippen molar-refractivity contribution in [3.8, 4) is 0 Å². The molecule has 0 saturated heterocycles. The Morgan fingerprint density at radius 3 is 1.83 bits per heavy atom. The first-order valence-corrected chi connectivity index (χ1v) is 0.928. The van der Waals surface area contributed by atoms with Crippen LogP contribution in [-0.2, 0) is 4.79 Å². The van der Waals surface area contributed by atoms with Gasteiger partial charge in [0.05, 0.1) is 0 Å². The largest absolute Gasteiger partial charge is 1.00 e. The molecular formula is C2H6BrLiO2. The zero-order valence-electron chi connectivity index (χ0n) is 4.76. The van der Waals surface area contributed by atoms with Gasteiger partial charge in [0.1, 0.15) is 0 Å². The van der Waals surface area contributed by atoms with Crippen molar-refractivity contribution in [2.24, 2.45) is 0 Å². The van der Waals surface area contributed by atoms with Gasteiger partial charge >= 0.3 is 18.9 Å². The standard InChI is InChI=1S/C2H4O2.BrH.Li.H/c1-2(3)4;;;/h1H3,(H,3,4);1H;;/q;;+1;-1. The van der Waals surface area contributed by atoms with Gasteiger partial charge in [-0.3, -0.25) is 4.79 Å². The Bertz CT molecular complexity index is 38.7. The van der Waals surface area contributed by atoms with Crippen molar-refractivity contribution < 1.29 is 30.2 Å². The van der Waals surface area contributed by atoms with Crippen LogP contribution >= 0.6 is 17.0 Å². The molecule has 0 aliphatic rings. The Balaban J connectivity index is -0.0000000150. The summed E-state index contributed by atoms with van der Waals surface area (Å²) in [5, 5.41) is 7.42. The van der Waals surface area contributed by atoms with Crippen LogP contribution in [0.3, 0.4) is 0 Å². The minimum absolute atomic E-state index is 0. The van der Waals surface area contributed by atoms with E-state index in [2.05, 4.69) is 0 Å². The summed E-state index contributed by atoms with van der Waals surface area (Å²) in [4.78, 5) is 9.00. The van der Waals surface area contributed by atoms with Gasteiger partial charge in [0.15, 0.2) is 0 Å². The van der Waals surface area contributed by atoms with Crippen LogP contribution in [0.5, 0.6) is 0 Å². The molecule has 0 radical (unpaired) electrons. The molecule has 1 N–H and O–H groups in total. The van der Waals surface area contributed by atoms with E-state index in [9.17, 15) is 0 Å². The van der Waals surface area contributed by atoms with Crippen LogP contribution in [0.4, 0.5) is 0 Å². The summed E-state index contributed by atoms with van der Waals surface area (Å²) < 4.78 is 0. The molecule has 0 aliphatic heterocycles. The van der Waals surface area contributed by atoms with Crippen LogP contribution < -0.4 is 18.9 Å². The maximum Gasteiger partial charge on any atom is 1.00 e. The molecule has 0 aliphatic carbocycles. The summed E-state index contributed by atoms with van der Waals surface area (Å²) in [5.74, 6) is -0.833. The molecule has 0 rings (SSSR count). The number of carboxylic acids is 1. The molecule has 0 atom stereocenters. The first-order chi connectivity index (χ1) is 1.73. The molecule has 0 aromatic carbocycles. The predicted molar refractivity (Wildman–Crippen MR) is 24.7 cm³/mol. The normalized spacial score (nSPS) is 4.17. The van der Waals surface area contributed by atoms with E-state index in [1.165, 1.54) is 0 Å². The van der Waals surface area contributed by atoms with Crippen molar-refractivity contribution in [1.29, 1.82) is 0 Å². The van der Waals surface area contributed by atoms with Crippen molar-refractivity contribution >= 4 is 23.0 Å². The Kier molecular flexibility index (Phi) is 24.3. The number of carboxylic acid groups (broad SMARTS) is 1. The second kappa shape index (κ2) is 9.12. The Hall–Kier alpha value is 0.547. The number of aliphatic carboxylic acids is 1. The summed E-state index contributed by atoms with van der Waals surface area (Å²) in [7, 11) is 0. The van der Waals surface area contributed by atoms with Gasteiger partial charge in [0.2, 0.25) is 0 Å². The maximum absolute atomic E-state index is 9.00. The molecule has 0 bridgehead atoms. The summed E-state index contributed by atoms with van der Waals surface area (Å²) >= 11 is 0. The predicted octanol–water partition coefficient (Wildman–Crippen LogP) is -2.21. The van der Waals surface area contributed by atoms with Gasteiger partial charge in [-0.2, -0.15) is 0 Å². The second-order valence-corrected chi connectivity index (χ2v) is 0.519. The van der Waals surface area contributed by atoms with Crippen LogP contribution in [0.15, 0.2) is 0 Å². The van der Waals surface area contributed by atoms with Crippen molar-refractivity contribution in [3.63, 3.8) is 0 Å². The van der Waals surface area contributed by atoms with Crippen molar-refractivity contribution in [1.82, 2.24) is 0 Å². The van der Waals surface area contributed by atoms with Gasteiger partial charge in [-0.1, -0.05) is 0 Å². The summed E-state index contributed by atoms with van der Waals surface area (Å²) in [6, 6.07) is 0. The van der Waals surface area contributed by atoms with Crippen LogP contribution in [0, 0.1) is 0 Å². The molecule has 34 valence electrons. The molecule has 4 heteroatoms. The van der Waals surface area contributed by atoms with Crippen LogP contribution in [0.25, 0.3) is 0 Å². The zero-order valence-corrected chi connectivity index (χ0v) is 5.48. The number of carbonyl (C=O) groups is 1. The molecule has 0 aromatic heterocycles. The van der Waals surface area contributed by atoms with Gasteiger partial charge in [0, 0.05) is 6.92 Å². The third-order valence-electron chi connectivity index (χ3n) is 0. The molecule has 0 aromatic rings. The second-order valence-electron chi connectivity index (χ2n) is 0.519. The molecular weight excluding hydrogens is 143 g/mol. The van der Waals surface area contributed by atoms with Crippen molar-refractivity contribution in [2.45, 2.75) is 6.92 Å². The molecule has 0 amide bonds. The fourth-order valence-electron chi connectivity index (χ4n) is 0. The van der Waals surface area contributed by atoms with E-state index in [0.717, 1.165) is 6.92 Å². The molecule has 0 unspecified atom stereocenters. The molecule has 0 saturated carbocycles. The Morgan fingerprint density at radius 1 is 1.83 bits per heavy atom. The van der Waals surface area contributed by atoms with Crippen molar-refractivity contribution in [2.75, 3.05) is 0 Å². The third-order valence-corrected chi connectivity index (χ3v) is 0. The van der Waals surface area contributed by atoms with E-state index < -0.39 is 5.97 Å². The number of hydrogen-bond donors (Lipinski definition) is 1. The van der Waals surface area contributed by atoms with Crippen molar-refractivity contribution in [3.05, 3.63) is 0 Å². The quantitative estimate of drug-likeness (QED) is 0.396. The Labute approximate surface area is 60.4 Å². The topological polar surface area (TPSA) is 37.3 Å². The van der Waals surface area contributed by atoms with E-state index in [1.54, 1.807) is 0 Å². The number of rotatable bonds is 0. The van der Waals surface area contributed by atoms with Gasteiger partial charge < -0.3 is 6.53 Å². The first-order valence-electron chi connectivity index (χ1n) is 0.928. The minimum atomic E-state index is -0.833. The fourth-order valence-corrected chi connectivity index (χ4v) is 0. The summed E-state index contributed by atoms with van der Waals surface area (Å²) in [5.41, 5.74) is 0. The van der Waals surface area contributed by atoms with E-state index >= 15 is 0 Å². The number of halogens is 1. The molecule has 0 heterocycles. The average Bonchev–Trinajstić information content (AvgIpc) is 0.811.